The lowest BCUT2D eigenvalue weighted by atomic mass is 9.92. The van der Waals surface area contributed by atoms with E-state index in [0.29, 0.717) is 19.4 Å². The zero-order valence-corrected chi connectivity index (χ0v) is 8.09. The summed E-state index contributed by atoms with van der Waals surface area (Å²) in [7, 11) is 0. The highest BCUT2D eigenvalue weighted by atomic mass is 16.6. The lowest BCUT2D eigenvalue weighted by Crippen LogP contribution is -2.51. The first-order chi connectivity index (χ1) is 6.81. The molecule has 0 saturated carbocycles. The first-order valence-corrected chi connectivity index (χ1v) is 5.20. The van der Waals surface area contributed by atoms with Gasteiger partial charge in [-0.1, -0.05) is 0 Å². The van der Waals surface area contributed by atoms with Crippen molar-refractivity contribution in [3.05, 3.63) is 0 Å². The standard InChI is InChI=1S/C10H16O4/c11-4-3-7-6-8(12)10-9(14-7)2-1-5-13-10/h4,7-10,12H,1-3,5-6H2/t7-,8+,9+,10-/m1/s1. The molecule has 1 N–H and O–H groups in total. The minimum atomic E-state index is -0.473. The van der Waals surface area contributed by atoms with E-state index in [1.54, 1.807) is 0 Å². The van der Waals surface area contributed by atoms with Gasteiger partial charge in [0.15, 0.2) is 0 Å². The van der Waals surface area contributed by atoms with Crippen LogP contribution in [0.1, 0.15) is 25.7 Å². The highest BCUT2D eigenvalue weighted by Crippen LogP contribution is 2.29. The molecular weight excluding hydrogens is 184 g/mol. The number of aliphatic hydroxyl groups is 1. The van der Waals surface area contributed by atoms with Crippen LogP contribution in [0.15, 0.2) is 0 Å². The average molecular weight is 200 g/mol. The molecule has 0 unspecified atom stereocenters. The minimum absolute atomic E-state index is 0.0163. The molecule has 0 aromatic carbocycles. The Hall–Kier alpha value is -0.450. The van der Waals surface area contributed by atoms with Crippen molar-refractivity contribution < 1.29 is 19.4 Å². The van der Waals surface area contributed by atoms with Gasteiger partial charge in [-0.05, 0) is 12.8 Å². The second-order valence-corrected chi connectivity index (χ2v) is 3.98. The van der Waals surface area contributed by atoms with Crippen LogP contribution in [0, 0.1) is 0 Å². The molecule has 2 heterocycles. The second kappa shape index (κ2) is 4.38. The van der Waals surface area contributed by atoms with Crippen LogP contribution in [0.2, 0.25) is 0 Å². The van der Waals surface area contributed by atoms with E-state index >= 15 is 0 Å². The molecule has 2 aliphatic rings. The quantitative estimate of drug-likeness (QED) is 0.650. The van der Waals surface area contributed by atoms with Gasteiger partial charge in [-0.25, -0.2) is 0 Å². The summed E-state index contributed by atoms with van der Waals surface area (Å²) < 4.78 is 11.1. The Labute approximate surface area is 83.2 Å². The molecule has 2 rings (SSSR count). The zero-order chi connectivity index (χ0) is 9.97. The summed E-state index contributed by atoms with van der Waals surface area (Å²) in [5, 5.41) is 9.78. The summed E-state index contributed by atoms with van der Waals surface area (Å²) in [6.07, 6.45) is 2.86. The van der Waals surface area contributed by atoms with Crippen LogP contribution in [0.5, 0.6) is 0 Å². The number of aliphatic hydroxyl groups excluding tert-OH is 1. The summed E-state index contributed by atoms with van der Waals surface area (Å²) in [5.41, 5.74) is 0. The van der Waals surface area contributed by atoms with Crippen molar-refractivity contribution in [1.29, 1.82) is 0 Å². The van der Waals surface area contributed by atoms with Crippen molar-refractivity contribution in [3.8, 4) is 0 Å². The Kier molecular flexibility index (Phi) is 3.15. The monoisotopic (exact) mass is 200 g/mol. The van der Waals surface area contributed by atoms with Crippen LogP contribution in [-0.2, 0) is 14.3 Å². The molecule has 0 aliphatic carbocycles. The number of fused-ring (bicyclic) bond motifs is 1. The van der Waals surface area contributed by atoms with Gasteiger partial charge in [0.1, 0.15) is 12.4 Å². The molecule has 4 nitrogen and oxygen atoms in total. The molecule has 0 amide bonds. The normalized spacial score (nSPS) is 42.9. The highest BCUT2D eigenvalue weighted by Gasteiger charge is 2.39. The summed E-state index contributed by atoms with van der Waals surface area (Å²) >= 11 is 0. The maximum atomic E-state index is 10.3. The summed E-state index contributed by atoms with van der Waals surface area (Å²) in [4.78, 5) is 10.3. The van der Waals surface area contributed by atoms with E-state index in [0.717, 1.165) is 19.1 Å². The third-order valence-corrected chi connectivity index (χ3v) is 2.92. The largest absolute Gasteiger partial charge is 0.390 e. The molecule has 2 saturated heterocycles. The van der Waals surface area contributed by atoms with E-state index in [1.807, 2.05) is 0 Å². The number of hydrogen-bond donors (Lipinski definition) is 1. The number of carbonyl (C=O) groups excluding carboxylic acids is 1. The minimum Gasteiger partial charge on any atom is -0.390 e. The Morgan fingerprint density at radius 2 is 2.36 bits per heavy atom. The number of aldehydes is 1. The van der Waals surface area contributed by atoms with Crippen molar-refractivity contribution in [2.75, 3.05) is 6.61 Å². The predicted octanol–water partition coefficient (Wildman–Crippen LogP) is 0.273. The van der Waals surface area contributed by atoms with E-state index in [9.17, 15) is 9.90 Å². The van der Waals surface area contributed by atoms with Gasteiger partial charge in [0.05, 0.1) is 18.3 Å². The van der Waals surface area contributed by atoms with Gasteiger partial charge >= 0.3 is 0 Å². The van der Waals surface area contributed by atoms with Crippen LogP contribution in [0.25, 0.3) is 0 Å². The predicted molar refractivity (Wildman–Crippen MR) is 48.9 cm³/mol. The fourth-order valence-corrected chi connectivity index (χ4v) is 2.25. The molecule has 0 spiro atoms. The maximum absolute atomic E-state index is 10.3. The molecule has 4 atom stereocenters. The molecule has 14 heavy (non-hydrogen) atoms. The first kappa shape index (κ1) is 10.1. The fraction of sp³-hybridized carbons (Fsp3) is 0.900. The van der Waals surface area contributed by atoms with Crippen molar-refractivity contribution in [1.82, 2.24) is 0 Å². The Morgan fingerprint density at radius 1 is 1.50 bits per heavy atom. The number of carbonyl (C=O) groups is 1. The SMILES string of the molecule is O=CC[C@@H]1C[C@H](O)[C@H]2OCCC[C@@H]2O1. The van der Waals surface area contributed by atoms with Crippen LogP contribution >= 0.6 is 0 Å². The van der Waals surface area contributed by atoms with E-state index in [1.165, 1.54) is 0 Å². The molecular formula is C10H16O4. The zero-order valence-electron chi connectivity index (χ0n) is 8.09. The first-order valence-electron chi connectivity index (χ1n) is 5.20. The van der Waals surface area contributed by atoms with Gasteiger partial charge in [-0.2, -0.15) is 0 Å². The molecule has 0 radical (unpaired) electrons. The van der Waals surface area contributed by atoms with E-state index in [4.69, 9.17) is 9.47 Å². The molecule has 80 valence electrons. The summed E-state index contributed by atoms with van der Waals surface area (Å²) in [5.74, 6) is 0. The number of hydrogen-bond acceptors (Lipinski definition) is 4. The fourth-order valence-electron chi connectivity index (χ4n) is 2.25. The number of rotatable bonds is 2. The van der Waals surface area contributed by atoms with Gasteiger partial charge in [-0.15, -0.1) is 0 Å². The summed E-state index contributed by atoms with van der Waals surface area (Å²) in [6.45, 7) is 0.708. The summed E-state index contributed by atoms with van der Waals surface area (Å²) in [6, 6.07) is 0. The Balaban J connectivity index is 1.96. The van der Waals surface area contributed by atoms with Crippen LogP contribution in [0.4, 0.5) is 0 Å². The van der Waals surface area contributed by atoms with Gasteiger partial charge in [-0.3, -0.25) is 0 Å². The highest BCUT2D eigenvalue weighted by molar-refractivity contribution is 5.50. The topological polar surface area (TPSA) is 55.8 Å². The molecule has 0 aromatic rings. The third kappa shape index (κ3) is 1.97. The van der Waals surface area contributed by atoms with Crippen LogP contribution in [-0.4, -0.2) is 42.4 Å². The van der Waals surface area contributed by atoms with Gasteiger partial charge < -0.3 is 19.4 Å². The second-order valence-electron chi connectivity index (χ2n) is 3.98. The molecule has 0 aromatic heterocycles. The number of ether oxygens (including phenoxy) is 2. The van der Waals surface area contributed by atoms with Gasteiger partial charge in [0.25, 0.3) is 0 Å². The molecule has 2 aliphatic heterocycles. The van der Waals surface area contributed by atoms with E-state index < -0.39 is 6.10 Å². The van der Waals surface area contributed by atoms with Gasteiger partial charge in [0, 0.05) is 19.4 Å². The molecule has 2 fully saturated rings. The molecule has 4 heteroatoms. The lowest BCUT2D eigenvalue weighted by molar-refractivity contribution is -0.206. The Morgan fingerprint density at radius 3 is 3.14 bits per heavy atom. The van der Waals surface area contributed by atoms with Crippen molar-refractivity contribution in [3.63, 3.8) is 0 Å². The Bertz CT molecular complexity index is 206. The molecule has 0 bridgehead atoms. The van der Waals surface area contributed by atoms with E-state index in [-0.39, 0.29) is 18.3 Å². The third-order valence-electron chi connectivity index (χ3n) is 2.92. The van der Waals surface area contributed by atoms with E-state index in [2.05, 4.69) is 0 Å². The van der Waals surface area contributed by atoms with Crippen molar-refractivity contribution in [2.45, 2.75) is 50.1 Å². The smallest absolute Gasteiger partial charge is 0.122 e. The van der Waals surface area contributed by atoms with Crippen LogP contribution < -0.4 is 0 Å². The maximum Gasteiger partial charge on any atom is 0.122 e. The van der Waals surface area contributed by atoms with Crippen molar-refractivity contribution in [2.24, 2.45) is 0 Å². The van der Waals surface area contributed by atoms with Crippen LogP contribution in [0.3, 0.4) is 0 Å². The van der Waals surface area contributed by atoms with Gasteiger partial charge in [0.2, 0.25) is 0 Å². The van der Waals surface area contributed by atoms with Crippen molar-refractivity contribution >= 4 is 6.29 Å². The lowest BCUT2D eigenvalue weighted by Gasteiger charge is -2.41. The average Bonchev–Trinajstić information content (AvgIpc) is 2.18.